The molecule has 1 aromatic carbocycles. The molecule has 0 saturated carbocycles. The average molecular weight is 277 g/mol. The molecule has 0 saturated heterocycles. The van der Waals surface area contributed by atoms with Gasteiger partial charge in [-0.25, -0.2) is 4.79 Å². The molecule has 2 rings (SSSR count). The summed E-state index contributed by atoms with van der Waals surface area (Å²) >= 11 is 0. The summed E-state index contributed by atoms with van der Waals surface area (Å²) in [5.74, 6) is 0.0189. The summed E-state index contributed by atoms with van der Waals surface area (Å²) in [4.78, 5) is 24.9. The van der Waals surface area contributed by atoms with Crippen molar-refractivity contribution in [3.05, 3.63) is 23.8 Å². The topological polar surface area (TPSA) is 70.7 Å². The summed E-state index contributed by atoms with van der Waals surface area (Å²) in [7, 11) is 1.58. The molecule has 0 aliphatic carbocycles. The van der Waals surface area contributed by atoms with Gasteiger partial charge >= 0.3 is 6.03 Å². The van der Waals surface area contributed by atoms with Gasteiger partial charge in [0, 0.05) is 38.5 Å². The van der Waals surface area contributed by atoms with E-state index in [2.05, 4.69) is 10.6 Å². The van der Waals surface area contributed by atoms with E-state index in [0.717, 1.165) is 17.7 Å². The number of amides is 3. The molecule has 2 N–H and O–H groups in total. The van der Waals surface area contributed by atoms with E-state index in [0.29, 0.717) is 25.4 Å². The summed E-state index contributed by atoms with van der Waals surface area (Å²) < 4.78 is 4.86. The second-order valence-electron chi connectivity index (χ2n) is 4.64. The Hall–Kier alpha value is -2.08. The molecule has 1 aliphatic rings. The highest BCUT2D eigenvalue weighted by atomic mass is 16.5. The van der Waals surface area contributed by atoms with E-state index < -0.39 is 0 Å². The van der Waals surface area contributed by atoms with Crippen LogP contribution < -0.4 is 15.5 Å². The second-order valence-corrected chi connectivity index (χ2v) is 4.64. The monoisotopic (exact) mass is 277 g/mol. The number of urea groups is 1. The van der Waals surface area contributed by atoms with Crippen molar-refractivity contribution in [2.75, 3.05) is 37.0 Å². The Balaban J connectivity index is 2.02. The van der Waals surface area contributed by atoms with Crippen LogP contribution in [0.1, 0.15) is 12.5 Å². The number of nitrogens with zero attached hydrogens (tertiary/aromatic N) is 1. The van der Waals surface area contributed by atoms with Gasteiger partial charge in [0.05, 0.1) is 6.61 Å². The minimum Gasteiger partial charge on any atom is -0.383 e. The lowest BCUT2D eigenvalue weighted by molar-refractivity contribution is -0.116. The Morgan fingerprint density at radius 3 is 2.90 bits per heavy atom. The minimum atomic E-state index is -0.283. The molecule has 1 heterocycles. The molecule has 0 fully saturated rings. The van der Waals surface area contributed by atoms with E-state index in [1.807, 2.05) is 18.2 Å². The first-order valence-corrected chi connectivity index (χ1v) is 6.56. The summed E-state index contributed by atoms with van der Waals surface area (Å²) in [5.41, 5.74) is 2.68. The van der Waals surface area contributed by atoms with Crippen LogP contribution in [0.3, 0.4) is 0 Å². The van der Waals surface area contributed by atoms with Crippen LogP contribution in [0.4, 0.5) is 16.2 Å². The Kier molecular flexibility index (Phi) is 4.57. The van der Waals surface area contributed by atoms with Crippen molar-refractivity contribution >= 4 is 23.3 Å². The quantitative estimate of drug-likeness (QED) is 0.816. The molecule has 1 aromatic rings. The number of methoxy groups -OCH3 is 1. The first kappa shape index (κ1) is 14.3. The molecule has 0 aromatic heterocycles. The molecule has 0 unspecified atom stereocenters. The van der Waals surface area contributed by atoms with Gasteiger partial charge in [0.25, 0.3) is 0 Å². The maximum absolute atomic E-state index is 11.6. The zero-order chi connectivity index (χ0) is 14.5. The number of fused-ring (bicyclic) bond motifs is 1. The fourth-order valence-corrected chi connectivity index (χ4v) is 2.23. The lowest BCUT2D eigenvalue weighted by atomic mass is 10.1. The molecule has 20 heavy (non-hydrogen) atoms. The van der Waals surface area contributed by atoms with E-state index in [1.54, 1.807) is 18.9 Å². The minimum absolute atomic E-state index is 0.0189. The first-order chi connectivity index (χ1) is 9.61. The third-order valence-corrected chi connectivity index (χ3v) is 3.21. The van der Waals surface area contributed by atoms with Gasteiger partial charge in [-0.2, -0.15) is 0 Å². The number of carbonyl (C=O) groups is 2. The molecular formula is C14H19N3O3. The molecule has 0 radical (unpaired) electrons. The van der Waals surface area contributed by atoms with E-state index >= 15 is 0 Å². The van der Waals surface area contributed by atoms with E-state index in [4.69, 9.17) is 4.74 Å². The summed E-state index contributed by atoms with van der Waals surface area (Å²) in [6.45, 7) is 3.17. The molecule has 6 nitrogen and oxygen atoms in total. The summed E-state index contributed by atoms with van der Waals surface area (Å²) in [6, 6.07) is 5.34. The van der Waals surface area contributed by atoms with Crippen LogP contribution in [0.2, 0.25) is 0 Å². The number of hydrogen-bond donors (Lipinski definition) is 2. The second kappa shape index (κ2) is 6.38. The number of rotatable bonds is 4. The number of hydrogen-bond acceptors (Lipinski definition) is 3. The Labute approximate surface area is 118 Å². The number of carbonyl (C=O) groups excluding carboxylic acids is 2. The zero-order valence-corrected chi connectivity index (χ0v) is 11.7. The van der Waals surface area contributed by atoms with Crippen LogP contribution in [0.15, 0.2) is 18.2 Å². The van der Waals surface area contributed by atoms with E-state index in [9.17, 15) is 9.59 Å². The standard InChI is InChI=1S/C14H19N3O3/c1-10(18)17-7-5-11-3-4-12(9-13(11)17)16-14(19)15-6-8-20-2/h3-4,9H,5-8H2,1-2H3,(H2,15,16,19). The van der Waals surface area contributed by atoms with Crippen molar-refractivity contribution < 1.29 is 14.3 Å². The number of anilines is 2. The van der Waals surface area contributed by atoms with Crippen molar-refractivity contribution in [3.8, 4) is 0 Å². The number of benzene rings is 1. The highest BCUT2D eigenvalue weighted by molar-refractivity contribution is 5.96. The fourth-order valence-electron chi connectivity index (χ4n) is 2.23. The van der Waals surface area contributed by atoms with Crippen LogP contribution >= 0.6 is 0 Å². The van der Waals surface area contributed by atoms with Crippen LogP contribution in [0, 0.1) is 0 Å². The molecule has 0 bridgehead atoms. The predicted octanol–water partition coefficient (Wildman–Crippen LogP) is 1.36. The van der Waals surface area contributed by atoms with Crippen LogP contribution in [-0.4, -0.2) is 38.7 Å². The van der Waals surface area contributed by atoms with Gasteiger partial charge < -0.3 is 20.3 Å². The lowest BCUT2D eigenvalue weighted by Gasteiger charge is -2.16. The van der Waals surface area contributed by atoms with E-state index in [-0.39, 0.29) is 11.9 Å². The highest BCUT2D eigenvalue weighted by Gasteiger charge is 2.22. The van der Waals surface area contributed by atoms with Gasteiger partial charge in [-0.05, 0) is 24.1 Å². The van der Waals surface area contributed by atoms with E-state index in [1.165, 1.54) is 0 Å². The van der Waals surface area contributed by atoms with Crippen LogP contribution in [0.5, 0.6) is 0 Å². The molecule has 6 heteroatoms. The molecular weight excluding hydrogens is 258 g/mol. The smallest absolute Gasteiger partial charge is 0.319 e. The van der Waals surface area contributed by atoms with Gasteiger partial charge in [0.2, 0.25) is 5.91 Å². The molecule has 1 aliphatic heterocycles. The van der Waals surface area contributed by atoms with Gasteiger partial charge in [-0.3, -0.25) is 4.79 Å². The zero-order valence-electron chi connectivity index (χ0n) is 11.7. The van der Waals surface area contributed by atoms with Gasteiger partial charge in [0.15, 0.2) is 0 Å². The molecule has 0 spiro atoms. The van der Waals surface area contributed by atoms with Crippen molar-refractivity contribution in [1.29, 1.82) is 0 Å². The maximum atomic E-state index is 11.6. The molecule has 108 valence electrons. The molecule has 0 atom stereocenters. The van der Waals surface area contributed by atoms with Crippen LogP contribution in [0.25, 0.3) is 0 Å². The molecule has 3 amide bonds. The Morgan fingerprint density at radius 2 is 2.20 bits per heavy atom. The number of ether oxygens (including phenoxy) is 1. The van der Waals surface area contributed by atoms with Gasteiger partial charge in [0.1, 0.15) is 0 Å². The summed E-state index contributed by atoms with van der Waals surface area (Å²) in [6.07, 6.45) is 0.856. The van der Waals surface area contributed by atoms with Gasteiger partial charge in [-0.1, -0.05) is 6.07 Å². The van der Waals surface area contributed by atoms with Crippen LogP contribution in [-0.2, 0) is 16.0 Å². The fraction of sp³-hybridized carbons (Fsp3) is 0.429. The maximum Gasteiger partial charge on any atom is 0.319 e. The van der Waals surface area contributed by atoms with Crippen molar-refractivity contribution in [3.63, 3.8) is 0 Å². The normalized spacial score (nSPS) is 13.0. The van der Waals surface area contributed by atoms with Crippen molar-refractivity contribution in [2.24, 2.45) is 0 Å². The Bertz CT molecular complexity index is 516. The van der Waals surface area contributed by atoms with Crippen molar-refractivity contribution in [1.82, 2.24) is 5.32 Å². The predicted molar refractivity (Wildman–Crippen MR) is 77.1 cm³/mol. The SMILES string of the molecule is COCCNC(=O)Nc1ccc2c(c1)N(C(C)=O)CC2. The van der Waals surface area contributed by atoms with Gasteiger partial charge in [-0.15, -0.1) is 0 Å². The Morgan fingerprint density at radius 1 is 1.40 bits per heavy atom. The first-order valence-electron chi connectivity index (χ1n) is 6.56. The third-order valence-electron chi connectivity index (χ3n) is 3.21. The summed E-state index contributed by atoms with van der Waals surface area (Å²) in [5, 5.41) is 5.42. The third kappa shape index (κ3) is 3.27. The largest absolute Gasteiger partial charge is 0.383 e. The number of nitrogens with one attached hydrogen (secondary N) is 2. The highest BCUT2D eigenvalue weighted by Crippen LogP contribution is 2.30. The lowest BCUT2D eigenvalue weighted by Crippen LogP contribution is -2.31. The average Bonchev–Trinajstić information content (AvgIpc) is 2.82. The van der Waals surface area contributed by atoms with Crippen molar-refractivity contribution in [2.45, 2.75) is 13.3 Å².